The van der Waals surface area contributed by atoms with Gasteiger partial charge in [0.25, 0.3) is 0 Å². The average molecular weight is 707 g/mol. The van der Waals surface area contributed by atoms with Gasteiger partial charge in [-0.3, -0.25) is 9.98 Å². The Morgan fingerprint density at radius 1 is 0.509 bits per heavy atom. The predicted octanol–water partition coefficient (Wildman–Crippen LogP) is 9.62. The fourth-order valence-electron chi connectivity index (χ4n) is 6.26. The molecule has 0 atom stereocenters. The van der Waals surface area contributed by atoms with E-state index >= 15 is 0 Å². The Morgan fingerprint density at radius 2 is 0.906 bits per heavy atom. The van der Waals surface area contributed by atoms with E-state index in [9.17, 15) is 0 Å². The molecule has 53 heavy (non-hydrogen) atoms. The smallest absolute Gasteiger partial charge is 0.384 e. The van der Waals surface area contributed by atoms with E-state index in [0.29, 0.717) is 57.1 Å². The van der Waals surface area contributed by atoms with Gasteiger partial charge in [0.1, 0.15) is 11.4 Å². The highest BCUT2D eigenvalue weighted by Gasteiger charge is 2.49. The van der Waals surface area contributed by atoms with Gasteiger partial charge in [0.15, 0.2) is 11.5 Å². The summed E-state index contributed by atoms with van der Waals surface area (Å²) in [6.07, 6.45) is 1.21. The molecule has 0 bridgehead atoms. The Kier molecular flexibility index (Phi) is 8.01. The number of aromatic nitrogens is 4. The molecule has 268 valence electrons. The number of ether oxygens (including phenoxy) is 4. The van der Waals surface area contributed by atoms with E-state index in [1.807, 2.05) is 111 Å². The summed E-state index contributed by atoms with van der Waals surface area (Å²) >= 11 is 0. The molecule has 0 fully saturated rings. The van der Waals surface area contributed by atoms with E-state index in [0.717, 1.165) is 22.5 Å². The number of benzene rings is 4. The summed E-state index contributed by atoms with van der Waals surface area (Å²) in [4.78, 5) is 9.98. The second-order valence-electron chi connectivity index (χ2n) is 15.4. The van der Waals surface area contributed by atoms with Crippen LogP contribution in [-0.2, 0) is 10.8 Å². The van der Waals surface area contributed by atoms with Crippen LogP contribution in [0.2, 0.25) is 0 Å². The van der Waals surface area contributed by atoms with Crippen LogP contribution in [0.1, 0.15) is 75.2 Å². The number of fused-ring (bicyclic) bond motifs is 4. The second kappa shape index (κ2) is 12.5. The molecule has 0 unspecified atom stereocenters. The van der Waals surface area contributed by atoms with Crippen LogP contribution < -0.4 is 18.9 Å². The van der Waals surface area contributed by atoms with Gasteiger partial charge in [-0.05, 0) is 84.3 Å². The van der Waals surface area contributed by atoms with E-state index in [1.54, 1.807) is 21.8 Å². The molecule has 0 amide bonds. The lowest BCUT2D eigenvalue weighted by Crippen LogP contribution is -2.54. The Morgan fingerprint density at radius 3 is 1.28 bits per heavy atom. The molecule has 4 aromatic carbocycles. The third kappa shape index (κ3) is 6.34. The van der Waals surface area contributed by atoms with Crippen molar-refractivity contribution in [1.29, 1.82) is 0 Å². The molecule has 2 aromatic heterocycles. The van der Waals surface area contributed by atoms with Crippen LogP contribution in [-0.4, -0.2) is 38.1 Å². The van der Waals surface area contributed by atoms with Crippen molar-refractivity contribution < 1.29 is 18.9 Å². The third-order valence-electron chi connectivity index (χ3n) is 9.36. The van der Waals surface area contributed by atoms with Crippen molar-refractivity contribution in [3.8, 4) is 34.6 Å². The molecule has 2 aliphatic heterocycles. The van der Waals surface area contributed by atoms with Gasteiger partial charge in [-0.25, -0.2) is 0 Å². The Bertz CT molecular complexity index is 2230. The monoisotopic (exact) mass is 706 g/mol. The standard InChI is InChI=1S/C43H42N6O4/c1-27-33-25-44-35-23-29(41(3,4)5)19-21-37(35)50-43(52-39(33)48(46-27)31-15-11-9-12-16-31)51-38-22-20-30(42(6,7)8)24-36(38)45-26-34-28(2)47-49(40(34)53-43)32-17-13-10-14-18-32/h9-26H,1-8H3. The van der Waals surface area contributed by atoms with Gasteiger partial charge in [0.05, 0.1) is 33.9 Å². The molecular formula is C43H42N6O4. The third-order valence-corrected chi connectivity index (χ3v) is 9.36. The number of aliphatic imine (C=N–C) groups is 2. The largest absolute Gasteiger partial charge is 0.613 e. The zero-order valence-electron chi connectivity index (χ0n) is 31.2. The van der Waals surface area contributed by atoms with Gasteiger partial charge in [0.2, 0.25) is 11.8 Å². The molecule has 10 heteroatoms. The summed E-state index contributed by atoms with van der Waals surface area (Å²) in [5.74, 6) is 1.37. The summed E-state index contributed by atoms with van der Waals surface area (Å²) in [6.45, 7) is 16.8. The normalized spacial score (nSPS) is 16.5. The van der Waals surface area contributed by atoms with Crippen LogP contribution in [0.3, 0.4) is 0 Å². The predicted molar refractivity (Wildman–Crippen MR) is 207 cm³/mol. The van der Waals surface area contributed by atoms with Gasteiger partial charge in [-0.2, -0.15) is 19.6 Å². The second-order valence-corrected chi connectivity index (χ2v) is 15.4. The highest BCUT2D eigenvalue weighted by atomic mass is 17.0. The minimum atomic E-state index is -2.31. The Balaban J connectivity index is 1.43. The van der Waals surface area contributed by atoms with E-state index in [1.165, 1.54) is 0 Å². The van der Waals surface area contributed by atoms with Crippen LogP contribution in [0.15, 0.2) is 107 Å². The summed E-state index contributed by atoms with van der Waals surface area (Å²) < 4.78 is 31.4. The lowest BCUT2D eigenvalue weighted by Gasteiger charge is -2.33. The van der Waals surface area contributed by atoms with Gasteiger partial charge in [0, 0.05) is 12.4 Å². The topological polar surface area (TPSA) is 97.3 Å². The first-order valence-corrected chi connectivity index (χ1v) is 17.7. The summed E-state index contributed by atoms with van der Waals surface area (Å²) in [5, 5.41) is 9.83. The highest BCUT2D eigenvalue weighted by molar-refractivity contribution is 5.88. The number of rotatable bonds is 2. The van der Waals surface area contributed by atoms with Crippen molar-refractivity contribution in [3.05, 3.63) is 131 Å². The molecule has 0 aliphatic carbocycles. The van der Waals surface area contributed by atoms with E-state index in [-0.39, 0.29) is 10.8 Å². The van der Waals surface area contributed by atoms with Crippen LogP contribution in [0.25, 0.3) is 11.4 Å². The van der Waals surface area contributed by atoms with Gasteiger partial charge in [-0.15, -0.1) is 0 Å². The first-order valence-electron chi connectivity index (χ1n) is 17.7. The lowest BCUT2D eigenvalue weighted by molar-refractivity contribution is -0.369. The number of aryl methyl sites for hydroxylation is 2. The van der Waals surface area contributed by atoms with E-state index < -0.39 is 6.16 Å². The quantitative estimate of drug-likeness (QED) is 0.178. The molecule has 0 saturated heterocycles. The molecule has 2 aliphatic rings. The highest BCUT2D eigenvalue weighted by Crippen LogP contribution is 2.44. The first kappa shape index (κ1) is 34.0. The van der Waals surface area contributed by atoms with Crippen molar-refractivity contribution in [2.45, 2.75) is 72.4 Å². The molecule has 0 N–H and O–H groups in total. The van der Waals surface area contributed by atoms with Crippen LogP contribution in [0.5, 0.6) is 23.3 Å². The molecule has 1 spiro atoms. The van der Waals surface area contributed by atoms with Crippen molar-refractivity contribution in [3.63, 3.8) is 0 Å². The van der Waals surface area contributed by atoms with Crippen molar-refractivity contribution in [2.75, 3.05) is 0 Å². The summed E-state index contributed by atoms with van der Waals surface area (Å²) in [5.41, 5.74) is 7.14. The van der Waals surface area contributed by atoms with Crippen LogP contribution in [0.4, 0.5) is 11.4 Å². The number of hydrogen-bond donors (Lipinski definition) is 0. The molecule has 8 rings (SSSR count). The maximum atomic E-state index is 7.05. The molecule has 0 saturated carbocycles. The van der Waals surface area contributed by atoms with Gasteiger partial charge in [-0.1, -0.05) is 90.1 Å². The Labute approximate surface area is 309 Å². The first-order chi connectivity index (χ1) is 25.3. The number of para-hydroxylation sites is 2. The van der Waals surface area contributed by atoms with Crippen molar-refractivity contribution in [1.82, 2.24) is 19.6 Å². The lowest BCUT2D eigenvalue weighted by atomic mass is 9.87. The fourth-order valence-corrected chi connectivity index (χ4v) is 6.26. The average Bonchev–Trinajstić information content (AvgIpc) is 3.63. The minimum absolute atomic E-state index is 0.156. The number of hydrogen-bond acceptors (Lipinski definition) is 8. The summed E-state index contributed by atoms with van der Waals surface area (Å²) in [6, 6.07) is 31.3. The maximum absolute atomic E-state index is 7.05. The SMILES string of the molecule is Cc1nn(-c2ccccc2)c2c1C=Nc1cc(C(C)(C)C)ccc1OC1(Oc3ccc(C(C)(C)C)cc3N=Cc3c(C)nn(-c4ccccc4)c3O1)O2. The molecule has 0 radical (unpaired) electrons. The van der Waals surface area contributed by atoms with Crippen molar-refractivity contribution in [2.24, 2.45) is 9.98 Å². The zero-order valence-corrected chi connectivity index (χ0v) is 31.2. The zero-order chi connectivity index (χ0) is 37.1. The molecule has 6 aromatic rings. The van der Waals surface area contributed by atoms with Gasteiger partial charge < -0.3 is 18.9 Å². The minimum Gasteiger partial charge on any atom is -0.384 e. The molecule has 4 heterocycles. The summed E-state index contributed by atoms with van der Waals surface area (Å²) in [7, 11) is 0. The number of nitrogens with zero attached hydrogens (tertiary/aromatic N) is 6. The van der Waals surface area contributed by atoms with Gasteiger partial charge >= 0.3 is 6.16 Å². The Hall–Kier alpha value is -6.16. The van der Waals surface area contributed by atoms with E-state index in [4.69, 9.17) is 39.1 Å². The maximum Gasteiger partial charge on any atom is 0.613 e. The molecular weight excluding hydrogens is 665 g/mol. The van der Waals surface area contributed by atoms with Crippen molar-refractivity contribution >= 4 is 23.8 Å². The van der Waals surface area contributed by atoms with Crippen LogP contribution >= 0.6 is 0 Å². The molecule has 10 nitrogen and oxygen atoms in total. The van der Waals surface area contributed by atoms with E-state index in [2.05, 4.69) is 41.5 Å². The fraction of sp³-hybridized carbons (Fsp3) is 0.256. The van der Waals surface area contributed by atoms with Crippen LogP contribution in [0, 0.1) is 13.8 Å².